The number of rotatable bonds is 1. The Balaban J connectivity index is 2.22. The molecular weight excluding hydrogens is 284 g/mol. The molecule has 0 spiro atoms. The zero-order valence-corrected chi connectivity index (χ0v) is 10.6. The van der Waals surface area contributed by atoms with Crippen molar-refractivity contribution >= 4 is 21.8 Å². The first-order chi connectivity index (χ1) is 8.22. The largest absolute Gasteiger partial charge is 0.320 e. The van der Waals surface area contributed by atoms with Gasteiger partial charge in [0.1, 0.15) is 6.04 Å². The summed E-state index contributed by atoms with van der Waals surface area (Å²) in [4.78, 5) is 17.7. The number of nitrogens with one attached hydrogen (secondary N) is 1. The highest BCUT2D eigenvalue weighted by atomic mass is 79.9. The van der Waals surface area contributed by atoms with Crippen molar-refractivity contribution < 1.29 is 4.79 Å². The lowest BCUT2D eigenvalue weighted by molar-refractivity contribution is 0.0686. The molecule has 5 nitrogen and oxygen atoms in total. The number of nitriles is 1. The summed E-state index contributed by atoms with van der Waals surface area (Å²) in [6.45, 7) is 1.78. The van der Waals surface area contributed by atoms with Gasteiger partial charge in [-0.25, -0.2) is 0 Å². The molecule has 17 heavy (non-hydrogen) atoms. The average Bonchev–Trinajstić information content (AvgIpc) is 2.38. The summed E-state index contributed by atoms with van der Waals surface area (Å²) < 4.78 is 0.756. The zero-order chi connectivity index (χ0) is 12.3. The summed E-state index contributed by atoms with van der Waals surface area (Å²) in [5.74, 6) is -0.146. The molecule has 1 N–H and O–H groups in total. The van der Waals surface area contributed by atoms with Gasteiger partial charge in [-0.2, -0.15) is 5.26 Å². The molecule has 1 unspecified atom stereocenters. The fourth-order valence-electron chi connectivity index (χ4n) is 1.76. The molecule has 1 aliphatic heterocycles. The van der Waals surface area contributed by atoms with Crippen molar-refractivity contribution in [3.63, 3.8) is 0 Å². The van der Waals surface area contributed by atoms with Gasteiger partial charge in [0, 0.05) is 36.5 Å². The Bertz CT molecular complexity index is 471. The fourth-order valence-corrected chi connectivity index (χ4v) is 2.12. The number of nitrogens with zero attached hydrogens (tertiary/aromatic N) is 3. The lowest BCUT2D eigenvalue weighted by Crippen LogP contribution is -2.53. The van der Waals surface area contributed by atoms with Gasteiger partial charge in [-0.1, -0.05) is 0 Å². The van der Waals surface area contributed by atoms with Crippen molar-refractivity contribution in [3.05, 3.63) is 28.5 Å². The van der Waals surface area contributed by atoms with Crippen LogP contribution < -0.4 is 5.32 Å². The van der Waals surface area contributed by atoms with Gasteiger partial charge in [0.05, 0.1) is 11.6 Å². The Hall–Kier alpha value is -1.45. The first kappa shape index (κ1) is 12.0. The monoisotopic (exact) mass is 294 g/mol. The molecule has 88 valence electrons. The number of hydrogen-bond acceptors (Lipinski definition) is 4. The van der Waals surface area contributed by atoms with E-state index in [0.717, 1.165) is 4.47 Å². The maximum atomic E-state index is 12.2. The van der Waals surface area contributed by atoms with E-state index in [4.69, 9.17) is 5.26 Å². The predicted molar refractivity (Wildman–Crippen MR) is 65.2 cm³/mol. The van der Waals surface area contributed by atoms with Crippen LogP contribution >= 0.6 is 15.9 Å². The second-order valence-corrected chi connectivity index (χ2v) is 4.66. The van der Waals surface area contributed by atoms with Crippen LogP contribution in [0.2, 0.25) is 0 Å². The Morgan fingerprint density at radius 2 is 2.47 bits per heavy atom. The number of hydrogen-bond donors (Lipinski definition) is 1. The first-order valence-electron chi connectivity index (χ1n) is 5.24. The number of halogens is 1. The summed E-state index contributed by atoms with van der Waals surface area (Å²) in [5, 5.41) is 12.1. The highest BCUT2D eigenvalue weighted by molar-refractivity contribution is 9.10. The Kier molecular flexibility index (Phi) is 3.71. The summed E-state index contributed by atoms with van der Waals surface area (Å²) in [7, 11) is 0. The number of amides is 1. The molecule has 1 atom stereocenters. The van der Waals surface area contributed by atoms with Crippen molar-refractivity contribution in [3.8, 4) is 6.07 Å². The number of pyridine rings is 1. The van der Waals surface area contributed by atoms with Gasteiger partial charge in [0.2, 0.25) is 0 Å². The molecule has 0 saturated carbocycles. The van der Waals surface area contributed by atoms with Crippen LogP contribution in [0.4, 0.5) is 0 Å². The smallest absolute Gasteiger partial charge is 0.256 e. The van der Waals surface area contributed by atoms with E-state index in [1.165, 1.54) is 6.20 Å². The zero-order valence-electron chi connectivity index (χ0n) is 9.06. The SMILES string of the molecule is N#CC1CNCCN1C(=O)c1cncc(Br)c1. The van der Waals surface area contributed by atoms with Gasteiger partial charge < -0.3 is 10.2 Å². The Labute approximate surface area is 108 Å². The van der Waals surface area contributed by atoms with Crippen LogP contribution in [0.5, 0.6) is 0 Å². The van der Waals surface area contributed by atoms with E-state index in [0.29, 0.717) is 25.2 Å². The standard InChI is InChI=1S/C11H11BrN4O/c12-9-3-8(5-15-6-9)11(17)16-2-1-14-7-10(16)4-13/h3,5-6,10,14H,1-2,7H2. The quantitative estimate of drug-likeness (QED) is 0.831. The molecule has 1 aromatic heterocycles. The van der Waals surface area contributed by atoms with Crippen LogP contribution in [0.3, 0.4) is 0 Å². The summed E-state index contributed by atoms with van der Waals surface area (Å²) in [6.07, 6.45) is 3.14. The van der Waals surface area contributed by atoms with Crippen molar-refractivity contribution in [2.75, 3.05) is 19.6 Å². The van der Waals surface area contributed by atoms with Crippen molar-refractivity contribution in [2.24, 2.45) is 0 Å². The highest BCUT2D eigenvalue weighted by Crippen LogP contribution is 2.14. The van der Waals surface area contributed by atoms with Crippen molar-refractivity contribution in [1.29, 1.82) is 5.26 Å². The molecule has 2 rings (SSSR count). The molecule has 6 heteroatoms. The van der Waals surface area contributed by atoms with E-state index in [-0.39, 0.29) is 5.91 Å². The van der Waals surface area contributed by atoms with Gasteiger partial charge >= 0.3 is 0 Å². The van der Waals surface area contributed by atoms with Gasteiger partial charge in [-0.3, -0.25) is 9.78 Å². The molecule has 1 amide bonds. The van der Waals surface area contributed by atoms with E-state index in [2.05, 4.69) is 32.3 Å². The maximum Gasteiger partial charge on any atom is 0.256 e. The van der Waals surface area contributed by atoms with Crippen LogP contribution in [-0.4, -0.2) is 41.5 Å². The van der Waals surface area contributed by atoms with E-state index in [1.807, 2.05) is 0 Å². The molecule has 0 radical (unpaired) electrons. The third-order valence-corrected chi connectivity index (χ3v) is 3.04. The van der Waals surface area contributed by atoms with Crippen LogP contribution in [0.1, 0.15) is 10.4 Å². The average molecular weight is 295 g/mol. The summed E-state index contributed by atoms with van der Waals surface area (Å²) in [5.41, 5.74) is 0.501. The van der Waals surface area contributed by atoms with Crippen LogP contribution in [0.25, 0.3) is 0 Å². The molecule has 0 aliphatic carbocycles. The Morgan fingerprint density at radius 3 is 3.18 bits per heavy atom. The molecule has 1 aromatic rings. The van der Waals surface area contributed by atoms with E-state index >= 15 is 0 Å². The first-order valence-corrected chi connectivity index (χ1v) is 6.03. The van der Waals surface area contributed by atoms with Crippen molar-refractivity contribution in [1.82, 2.24) is 15.2 Å². The van der Waals surface area contributed by atoms with Crippen LogP contribution in [-0.2, 0) is 0 Å². The number of aromatic nitrogens is 1. The lowest BCUT2D eigenvalue weighted by Gasteiger charge is -2.31. The second kappa shape index (κ2) is 5.25. The molecule has 1 fully saturated rings. The third-order valence-electron chi connectivity index (χ3n) is 2.61. The normalized spacial score (nSPS) is 19.8. The highest BCUT2D eigenvalue weighted by Gasteiger charge is 2.27. The number of carbonyl (C=O) groups is 1. The minimum absolute atomic E-state index is 0.146. The van der Waals surface area contributed by atoms with Crippen molar-refractivity contribution in [2.45, 2.75) is 6.04 Å². The Morgan fingerprint density at radius 1 is 1.65 bits per heavy atom. The molecule has 1 aliphatic rings. The van der Waals surface area contributed by atoms with Crippen LogP contribution in [0, 0.1) is 11.3 Å². The van der Waals surface area contributed by atoms with Gasteiger partial charge in [0.15, 0.2) is 0 Å². The predicted octanol–water partition coefficient (Wildman–Crippen LogP) is 0.782. The number of carbonyl (C=O) groups excluding carboxylic acids is 1. The van der Waals surface area contributed by atoms with E-state index in [1.54, 1.807) is 17.2 Å². The van der Waals surface area contributed by atoms with E-state index in [9.17, 15) is 4.79 Å². The fraction of sp³-hybridized carbons (Fsp3) is 0.364. The minimum atomic E-state index is -0.407. The minimum Gasteiger partial charge on any atom is -0.320 e. The van der Waals surface area contributed by atoms with Gasteiger partial charge in [-0.15, -0.1) is 0 Å². The molecular formula is C11H11BrN4O. The van der Waals surface area contributed by atoms with Gasteiger partial charge in [0.25, 0.3) is 5.91 Å². The lowest BCUT2D eigenvalue weighted by atomic mass is 10.1. The molecule has 0 bridgehead atoms. The third kappa shape index (κ3) is 2.62. The summed E-state index contributed by atoms with van der Waals surface area (Å²) in [6, 6.07) is 3.44. The van der Waals surface area contributed by atoms with Gasteiger partial charge in [-0.05, 0) is 22.0 Å². The topological polar surface area (TPSA) is 69.0 Å². The molecule has 2 heterocycles. The second-order valence-electron chi connectivity index (χ2n) is 3.74. The molecule has 1 saturated heterocycles. The summed E-state index contributed by atoms with van der Waals surface area (Å²) >= 11 is 3.28. The molecule has 0 aromatic carbocycles. The van der Waals surface area contributed by atoms with E-state index < -0.39 is 6.04 Å². The maximum absolute atomic E-state index is 12.2. The number of piperazine rings is 1. The van der Waals surface area contributed by atoms with Crippen LogP contribution in [0.15, 0.2) is 22.9 Å².